The molecule has 1 aromatic carbocycles. The average Bonchev–Trinajstić information content (AvgIpc) is 2.45. The highest BCUT2D eigenvalue weighted by Crippen LogP contribution is 2.30. The van der Waals surface area contributed by atoms with Crippen LogP contribution >= 0.6 is 47.0 Å². The minimum absolute atomic E-state index is 0.171. The van der Waals surface area contributed by atoms with E-state index in [1.54, 1.807) is 40.0 Å². The molecule has 1 amide bonds. The Morgan fingerprint density at radius 2 is 1.75 bits per heavy atom. The number of carbonyl (C=O) groups is 1. The Morgan fingerprint density at radius 3 is 2.25 bits per heavy atom. The highest BCUT2D eigenvalue weighted by Gasteiger charge is 2.36. The van der Waals surface area contributed by atoms with E-state index in [4.69, 9.17) is 51.8 Å². The van der Waals surface area contributed by atoms with Crippen LogP contribution in [0.1, 0.15) is 20.8 Å². The fraction of sp³-hybridized carbons (Fsp3) is 0.467. The number of para-hydroxylation sites is 2. The summed E-state index contributed by atoms with van der Waals surface area (Å²) in [6.45, 7) is 5.26. The Hall–Kier alpha value is -0.950. The van der Waals surface area contributed by atoms with Crippen molar-refractivity contribution in [2.75, 3.05) is 12.4 Å². The Labute approximate surface area is 162 Å². The van der Waals surface area contributed by atoms with Gasteiger partial charge in [-0.1, -0.05) is 67.7 Å². The number of ether oxygens (including phenoxy) is 1. The van der Waals surface area contributed by atoms with Crippen molar-refractivity contribution in [3.05, 3.63) is 24.3 Å². The number of hydrogen-bond acceptors (Lipinski definition) is 3. The van der Waals surface area contributed by atoms with Crippen molar-refractivity contribution in [3.8, 4) is 5.75 Å². The molecule has 5 nitrogen and oxygen atoms in total. The molecule has 24 heavy (non-hydrogen) atoms. The first kappa shape index (κ1) is 21.1. The van der Waals surface area contributed by atoms with Gasteiger partial charge >= 0.3 is 0 Å². The second kappa shape index (κ2) is 8.43. The number of halogens is 3. The molecule has 0 bridgehead atoms. The zero-order chi connectivity index (χ0) is 18.5. The van der Waals surface area contributed by atoms with Crippen LogP contribution in [-0.2, 0) is 4.79 Å². The zero-order valence-corrected chi connectivity index (χ0v) is 16.8. The van der Waals surface area contributed by atoms with Crippen LogP contribution in [0.4, 0.5) is 5.69 Å². The summed E-state index contributed by atoms with van der Waals surface area (Å²) in [5.41, 5.74) is -0.00389. The molecule has 1 unspecified atom stereocenters. The molecule has 134 valence electrons. The lowest BCUT2D eigenvalue weighted by atomic mass is 9.95. The first-order valence-electron chi connectivity index (χ1n) is 7.03. The van der Waals surface area contributed by atoms with Crippen LogP contribution in [0.25, 0.3) is 0 Å². The van der Waals surface area contributed by atoms with Crippen LogP contribution in [0.2, 0.25) is 0 Å². The van der Waals surface area contributed by atoms with Gasteiger partial charge in [0.15, 0.2) is 5.11 Å². The summed E-state index contributed by atoms with van der Waals surface area (Å²) in [5.74, 6) is 0.317. The van der Waals surface area contributed by atoms with Crippen molar-refractivity contribution in [3.63, 3.8) is 0 Å². The molecule has 0 spiro atoms. The first-order valence-corrected chi connectivity index (χ1v) is 8.57. The fourth-order valence-electron chi connectivity index (χ4n) is 1.58. The fourth-order valence-corrected chi connectivity index (χ4v) is 2.14. The summed E-state index contributed by atoms with van der Waals surface area (Å²) >= 11 is 23.1. The molecular formula is C15H20Cl3N3O2S. The second-order valence-electron chi connectivity index (χ2n) is 6.00. The molecule has 0 saturated heterocycles. The smallest absolute Gasteiger partial charge is 0.228 e. The van der Waals surface area contributed by atoms with Gasteiger partial charge in [-0.25, -0.2) is 0 Å². The number of rotatable bonds is 4. The molecule has 0 fully saturated rings. The SMILES string of the molecule is COc1ccccc1NC(=S)NC(NC(=O)C(C)(C)C)C(Cl)(Cl)Cl. The summed E-state index contributed by atoms with van der Waals surface area (Å²) < 4.78 is 3.43. The molecule has 0 aliphatic heterocycles. The third kappa shape index (κ3) is 6.51. The average molecular weight is 413 g/mol. The van der Waals surface area contributed by atoms with Crippen molar-refractivity contribution >= 4 is 63.7 Å². The van der Waals surface area contributed by atoms with Crippen molar-refractivity contribution in [2.45, 2.75) is 30.7 Å². The predicted octanol–water partition coefficient (Wildman–Crippen LogP) is 3.84. The van der Waals surface area contributed by atoms with E-state index in [0.29, 0.717) is 11.4 Å². The van der Waals surface area contributed by atoms with Crippen LogP contribution in [0.15, 0.2) is 24.3 Å². The molecule has 1 rings (SSSR count). The summed E-state index contributed by atoms with van der Waals surface area (Å²) in [6, 6.07) is 7.21. The summed E-state index contributed by atoms with van der Waals surface area (Å²) in [6.07, 6.45) is -1.01. The van der Waals surface area contributed by atoms with E-state index in [-0.39, 0.29) is 11.0 Å². The third-order valence-electron chi connectivity index (χ3n) is 2.91. The normalized spacial score (nSPS) is 13.0. The van der Waals surface area contributed by atoms with Crippen LogP contribution in [-0.4, -0.2) is 28.1 Å². The molecule has 0 radical (unpaired) electrons. The van der Waals surface area contributed by atoms with Gasteiger partial charge < -0.3 is 20.7 Å². The van der Waals surface area contributed by atoms with Crippen molar-refractivity contribution in [1.29, 1.82) is 0 Å². The van der Waals surface area contributed by atoms with Gasteiger partial charge in [0.1, 0.15) is 11.9 Å². The van der Waals surface area contributed by atoms with Gasteiger partial charge in [0.05, 0.1) is 12.8 Å². The highest BCUT2D eigenvalue weighted by molar-refractivity contribution is 7.80. The molecule has 9 heteroatoms. The second-order valence-corrected chi connectivity index (χ2v) is 8.77. The number of amides is 1. The molecule has 1 aromatic rings. The Balaban J connectivity index is 2.83. The summed E-state index contributed by atoms with van der Waals surface area (Å²) in [7, 11) is 1.55. The number of alkyl halides is 3. The van der Waals surface area contributed by atoms with Gasteiger partial charge in [0.25, 0.3) is 0 Å². The van der Waals surface area contributed by atoms with E-state index < -0.39 is 15.4 Å². The minimum Gasteiger partial charge on any atom is -0.495 e. The quantitative estimate of drug-likeness (QED) is 0.398. The molecule has 0 heterocycles. The van der Waals surface area contributed by atoms with Gasteiger partial charge in [-0.15, -0.1) is 0 Å². The molecular weight excluding hydrogens is 393 g/mol. The predicted molar refractivity (Wildman–Crippen MR) is 104 cm³/mol. The number of hydrogen-bond donors (Lipinski definition) is 3. The number of carbonyl (C=O) groups excluding carboxylic acids is 1. The van der Waals surface area contributed by atoms with E-state index in [9.17, 15) is 4.79 Å². The zero-order valence-electron chi connectivity index (χ0n) is 13.7. The van der Waals surface area contributed by atoms with E-state index in [0.717, 1.165) is 0 Å². The molecule has 1 atom stereocenters. The van der Waals surface area contributed by atoms with Crippen LogP contribution in [0.3, 0.4) is 0 Å². The number of methoxy groups -OCH3 is 1. The third-order valence-corrected chi connectivity index (χ3v) is 3.79. The standard InChI is InChI=1S/C15H20Cl3N3O2S/c1-14(2,3)12(22)20-11(15(16,17)18)21-13(24)19-9-7-5-6-8-10(9)23-4/h5-8,11H,1-4H3,(H,20,22)(H2,19,21,24). The van der Waals surface area contributed by atoms with Crippen LogP contribution in [0.5, 0.6) is 5.75 Å². The van der Waals surface area contributed by atoms with E-state index in [2.05, 4.69) is 16.0 Å². The maximum atomic E-state index is 12.2. The number of nitrogens with one attached hydrogen (secondary N) is 3. The van der Waals surface area contributed by atoms with Gasteiger partial charge in [0, 0.05) is 5.41 Å². The van der Waals surface area contributed by atoms with Gasteiger partial charge in [-0.05, 0) is 24.4 Å². The maximum absolute atomic E-state index is 12.2. The molecule has 0 aromatic heterocycles. The minimum atomic E-state index is -1.80. The number of thiocarbonyl (C=S) groups is 1. The van der Waals surface area contributed by atoms with Crippen LogP contribution < -0.4 is 20.7 Å². The van der Waals surface area contributed by atoms with E-state index >= 15 is 0 Å². The van der Waals surface area contributed by atoms with Crippen molar-refractivity contribution < 1.29 is 9.53 Å². The van der Waals surface area contributed by atoms with E-state index in [1.165, 1.54) is 0 Å². The topological polar surface area (TPSA) is 62.4 Å². The van der Waals surface area contributed by atoms with Gasteiger partial charge in [0.2, 0.25) is 9.70 Å². The number of benzene rings is 1. The lowest BCUT2D eigenvalue weighted by molar-refractivity contribution is -0.129. The summed E-state index contributed by atoms with van der Waals surface area (Å²) in [5, 5.41) is 8.55. The largest absolute Gasteiger partial charge is 0.495 e. The molecule has 3 N–H and O–H groups in total. The van der Waals surface area contributed by atoms with Crippen molar-refractivity contribution in [1.82, 2.24) is 10.6 Å². The maximum Gasteiger partial charge on any atom is 0.228 e. The Bertz CT molecular complexity index is 600. The molecule has 0 saturated carbocycles. The highest BCUT2D eigenvalue weighted by atomic mass is 35.6. The lowest BCUT2D eigenvalue weighted by Crippen LogP contribution is -2.58. The van der Waals surface area contributed by atoms with Gasteiger partial charge in [-0.2, -0.15) is 0 Å². The van der Waals surface area contributed by atoms with Gasteiger partial charge in [-0.3, -0.25) is 4.79 Å². The Morgan fingerprint density at radius 1 is 1.17 bits per heavy atom. The summed E-state index contributed by atoms with van der Waals surface area (Å²) in [4.78, 5) is 12.2. The van der Waals surface area contributed by atoms with Crippen LogP contribution in [0, 0.1) is 5.41 Å². The molecule has 0 aliphatic rings. The molecule has 0 aliphatic carbocycles. The van der Waals surface area contributed by atoms with E-state index in [1.807, 2.05) is 12.1 Å². The number of anilines is 1. The monoisotopic (exact) mass is 411 g/mol. The van der Waals surface area contributed by atoms with Crippen molar-refractivity contribution in [2.24, 2.45) is 5.41 Å². The lowest BCUT2D eigenvalue weighted by Gasteiger charge is -2.30. The Kier molecular flexibility index (Phi) is 7.41. The first-order chi connectivity index (χ1) is 10.9.